The van der Waals surface area contributed by atoms with Crippen molar-refractivity contribution in [1.29, 1.82) is 0 Å². The summed E-state index contributed by atoms with van der Waals surface area (Å²) < 4.78 is 68.6. The summed E-state index contributed by atoms with van der Waals surface area (Å²) in [6, 6.07) is 11.4. The van der Waals surface area contributed by atoms with Crippen LogP contribution >= 0.6 is 0 Å². The Morgan fingerprint density at radius 3 is 2.59 bits per heavy atom. The second kappa shape index (κ2) is 12.9. The highest BCUT2D eigenvalue weighted by Crippen LogP contribution is 2.37. The molecule has 240 valence electrons. The van der Waals surface area contributed by atoms with Gasteiger partial charge in [0.2, 0.25) is 25.5 Å². The summed E-state index contributed by atoms with van der Waals surface area (Å²) in [5.74, 6) is 0.331. The van der Waals surface area contributed by atoms with Gasteiger partial charge in [0.05, 0.1) is 22.6 Å². The molecule has 0 bridgehead atoms. The van der Waals surface area contributed by atoms with Crippen molar-refractivity contribution in [3.8, 4) is 5.75 Å². The number of aliphatic hydroxyl groups is 1. The molecule has 2 aliphatic heterocycles. The van der Waals surface area contributed by atoms with Gasteiger partial charge in [-0.25, -0.2) is 21.6 Å². The number of piperidine rings is 1. The summed E-state index contributed by atoms with van der Waals surface area (Å²) in [7, 11) is -6.28. The first-order valence-corrected chi connectivity index (χ1v) is 17.7. The van der Waals surface area contributed by atoms with E-state index >= 15 is 0 Å². The first-order chi connectivity index (χ1) is 20.9. The Kier molecular flexibility index (Phi) is 9.52. The predicted octanol–water partition coefficient (Wildman–Crippen LogP) is 1.58. The van der Waals surface area contributed by atoms with Crippen LogP contribution in [0.15, 0.2) is 63.2 Å². The van der Waals surface area contributed by atoms with Crippen molar-refractivity contribution < 1.29 is 31.4 Å². The van der Waals surface area contributed by atoms with Gasteiger partial charge in [0.25, 0.3) is 0 Å². The number of rotatable bonds is 11. The second-order valence-electron chi connectivity index (χ2n) is 11.5. The Morgan fingerprint density at radius 2 is 1.89 bits per heavy atom. The van der Waals surface area contributed by atoms with Gasteiger partial charge in [-0.05, 0) is 70.0 Å². The molecule has 3 N–H and O–H groups in total. The van der Waals surface area contributed by atoms with E-state index in [0.717, 1.165) is 11.1 Å². The zero-order valence-electron chi connectivity index (χ0n) is 25.2. The van der Waals surface area contributed by atoms with Gasteiger partial charge in [-0.2, -0.15) is 4.31 Å². The molecular weight excluding hydrogens is 608 g/mol. The van der Waals surface area contributed by atoms with E-state index in [-0.39, 0.29) is 42.1 Å². The van der Waals surface area contributed by atoms with Crippen molar-refractivity contribution >= 4 is 30.9 Å². The van der Waals surface area contributed by atoms with Gasteiger partial charge < -0.3 is 24.5 Å². The molecule has 0 unspecified atom stereocenters. The highest BCUT2D eigenvalue weighted by molar-refractivity contribution is 7.89. The van der Waals surface area contributed by atoms with Crippen molar-refractivity contribution in [2.24, 2.45) is 0 Å². The lowest BCUT2D eigenvalue weighted by atomic mass is 9.88. The number of aliphatic hydroxyl groups excluding tert-OH is 1. The molecule has 0 radical (unpaired) electrons. The highest BCUT2D eigenvalue weighted by atomic mass is 32.2. The van der Waals surface area contributed by atoms with Gasteiger partial charge in [0.1, 0.15) is 23.4 Å². The van der Waals surface area contributed by atoms with Gasteiger partial charge in [-0.3, -0.25) is 4.79 Å². The van der Waals surface area contributed by atoms with Crippen LogP contribution in [0.25, 0.3) is 10.9 Å². The minimum atomic E-state index is -4.00. The summed E-state index contributed by atoms with van der Waals surface area (Å²) in [5, 5.41) is 14.2. The van der Waals surface area contributed by atoms with E-state index in [4.69, 9.17) is 9.47 Å². The lowest BCUT2D eigenvalue weighted by Crippen LogP contribution is -2.47. The third-order valence-corrected chi connectivity index (χ3v) is 11.8. The van der Waals surface area contributed by atoms with Gasteiger partial charge in [0.15, 0.2) is 0 Å². The minimum Gasteiger partial charge on any atom is -0.491 e. The molecule has 14 heteroatoms. The number of aromatic nitrogens is 1. The summed E-state index contributed by atoms with van der Waals surface area (Å²) >= 11 is 0. The van der Waals surface area contributed by atoms with Crippen LogP contribution in [0.1, 0.15) is 31.7 Å². The average Bonchev–Trinajstić information content (AvgIpc) is 3.41. The zero-order chi connectivity index (χ0) is 31.7. The molecular formula is C30H40N4O8S2. The standard InChI is InChI=1S/C30H40N4O8S2/c1-4-33-18-28(29(36)26-9-8-21(2)14-27(26)33)44(39,40)34-12-10-30(11-13-34)16-22(19-42-30)32-17-23(35)20-41-24-6-5-7-25(15-24)43(37,38)31-3/h5-9,14-15,18,22-23,31-32,35H,4,10-13,16-17,19-20H2,1-3H3/t22-,23+/m1/s1. The number of hydrogen-bond acceptors (Lipinski definition) is 9. The zero-order valence-corrected chi connectivity index (χ0v) is 26.8. The molecule has 3 heterocycles. The number of pyridine rings is 1. The van der Waals surface area contributed by atoms with Crippen LogP contribution in [0, 0.1) is 6.92 Å². The molecule has 1 spiro atoms. The lowest BCUT2D eigenvalue weighted by molar-refractivity contribution is -0.0312. The molecule has 12 nitrogen and oxygen atoms in total. The summed E-state index contributed by atoms with van der Waals surface area (Å²) in [6.45, 7) is 5.50. The summed E-state index contributed by atoms with van der Waals surface area (Å²) in [6.07, 6.45) is 2.27. The van der Waals surface area contributed by atoms with Crippen molar-refractivity contribution in [2.45, 2.75) is 67.2 Å². The maximum absolute atomic E-state index is 13.7. The molecule has 0 saturated carbocycles. The van der Waals surface area contributed by atoms with Crippen LogP contribution < -0.4 is 20.2 Å². The molecule has 3 aromatic rings. The van der Waals surface area contributed by atoms with Crippen LogP contribution in [0.5, 0.6) is 5.75 Å². The third-order valence-electron chi connectivity index (χ3n) is 8.47. The Bertz CT molecular complexity index is 1780. The largest absolute Gasteiger partial charge is 0.491 e. The van der Waals surface area contributed by atoms with Crippen LogP contribution in [0.4, 0.5) is 0 Å². The van der Waals surface area contributed by atoms with E-state index < -0.39 is 37.2 Å². The van der Waals surface area contributed by atoms with Gasteiger partial charge in [-0.1, -0.05) is 12.1 Å². The van der Waals surface area contributed by atoms with E-state index in [1.54, 1.807) is 18.2 Å². The molecule has 0 aliphatic carbocycles. The number of benzene rings is 2. The van der Waals surface area contributed by atoms with E-state index in [2.05, 4.69) is 10.0 Å². The van der Waals surface area contributed by atoms with Gasteiger partial charge in [-0.15, -0.1) is 0 Å². The molecule has 2 atom stereocenters. The van der Waals surface area contributed by atoms with E-state index in [9.17, 15) is 26.7 Å². The number of fused-ring (bicyclic) bond motifs is 1. The van der Waals surface area contributed by atoms with Crippen molar-refractivity contribution in [1.82, 2.24) is 18.9 Å². The number of hydrogen-bond donors (Lipinski definition) is 3. The first-order valence-electron chi connectivity index (χ1n) is 14.7. The Hall–Kier alpha value is -2.85. The van der Waals surface area contributed by atoms with Crippen LogP contribution in [0.3, 0.4) is 0 Å². The summed E-state index contributed by atoms with van der Waals surface area (Å²) in [4.78, 5) is 13.2. The number of aryl methyl sites for hydroxylation is 2. The molecule has 44 heavy (non-hydrogen) atoms. The van der Waals surface area contributed by atoms with Crippen molar-refractivity contribution in [2.75, 3.05) is 39.9 Å². The number of nitrogens with one attached hydrogen (secondary N) is 2. The van der Waals surface area contributed by atoms with E-state index in [1.165, 1.54) is 29.7 Å². The van der Waals surface area contributed by atoms with Crippen LogP contribution in [0.2, 0.25) is 0 Å². The first kappa shape index (κ1) is 32.5. The predicted molar refractivity (Wildman–Crippen MR) is 166 cm³/mol. The lowest BCUT2D eigenvalue weighted by Gasteiger charge is -2.38. The Balaban J connectivity index is 1.15. The Labute approximate surface area is 258 Å². The molecule has 2 fully saturated rings. The van der Waals surface area contributed by atoms with E-state index in [0.29, 0.717) is 43.5 Å². The summed E-state index contributed by atoms with van der Waals surface area (Å²) in [5.41, 5.74) is 0.755. The fourth-order valence-corrected chi connectivity index (χ4v) is 8.23. The average molecular weight is 649 g/mol. The molecule has 0 amide bonds. The molecule has 1 aromatic heterocycles. The fraction of sp³-hybridized carbons (Fsp3) is 0.500. The monoisotopic (exact) mass is 648 g/mol. The number of sulfonamides is 2. The second-order valence-corrected chi connectivity index (χ2v) is 15.3. The topological polar surface area (TPSA) is 156 Å². The van der Waals surface area contributed by atoms with Crippen molar-refractivity contribution in [3.05, 3.63) is 64.4 Å². The molecule has 2 aromatic carbocycles. The van der Waals surface area contributed by atoms with Crippen molar-refractivity contribution in [3.63, 3.8) is 0 Å². The molecule has 2 saturated heterocycles. The SMILES string of the molecule is CCn1cc(S(=O)(=O)N2CCC3(CC2)C[C@@H](NC[C@H](O)COc2cccc(S(=O)(=O)NC)c2)CO3)c(=O)c2ccc(C)cc21. The van der Waals surface area contributed by atoms with Crippen LogP contribution in [-0.4, -0.2) is 88.5 Å². The maximum Gasteiger partial charge on any atom is 0.248 e. The number of nitrogens with zero attached hydrogens (tertiary/aromatic N) is 2. The molecule has 5 rings (SSSR count). The fourth-order valence-electron chi connectivity index (χ4n) is 5.92. The molecule has 2 aliphatic rings. The van der Waals surface area contributed by atoms with Gasteiger partial charge in [0, 0.05) is 49.9 Å². The maximum atomic E-state index is 13.7. The Morgan fingerprint density at radius 1 is 1.14 bits per heavy atom. The highest BCUT2D eigenvalue weighted by Gasteiger charge is 2.45. The smallest absolute Gasteiger partial charge is 0.248 e. The third kappa shape index (κ3) is 6.71. The van der Waals surface area contributed by atoms with E-state index in [1.807, 2.05) is 30.5 Å². The quantitative estimate of drug-likeness (QED) is 0.281. The van der Waals surface area contributed by atoms with Crippen LogP contribution in [-0.2, 0) is 31.3 Å². The minimum absolute atomic E-state index is 0.0300. The van der Waals surface area contributed by atoms with Gasteiger partial charge >= 0.3 is 0 Å². The number of ether oxygens (including phenoxy) is 2. The normalized spacial score (nSPS) is 19.9.